The third-order valence-electron chi connectivity index (χ3n) is 4.13. The van der Waals surface area contributed by atoms with Crippen LogP contribution in [0, 0.1) is 0 Å². The lowest BCUT2D eigenvalue weighted by Gasteiger charge is -2.31. The Balaban J connectivity index is 2.00. The van der Waals surface area contributed by atoms with Crippen LogP contribution in [0.4, 0.5) is 0 Å². The van der Waals surface area contributed by atoms with E-state index in [2.05, 4.69) is 34.7 Å². The molecule has 0 saturated carbocycles. The van der Waals surface area contributed by atoms with E-state index < -0.39 is 0 Å². The molecule has 100 valence electrons. The van der Waals surface area contributed by atoms with Crippen LogP contribution in [0.1, 0.15) is 41.8 Å². The van der Waals surface area contributed by atoms with E-state index in [4.69, 9.17) is 5.84 Å². The molecule has 3 N–H and O–H groups in total. The number of hydrogen-bond donors (Lipinski definition) is 2. The van der Waals surface area contributed by atoms with Gasteiger partial charge >= 0.3 is 0 Å². The van der Waals surface area contributed by atoms with Crippen LogP contribution in [0.2, 0.25) is 0 Å². The summed E-state index contributed by atoms with van der Waals surface area (Å²) in [6.07, 6.45) is 7.33. The third kappa shape index (κ3) is 2.17. The number of aromatic nitrogens is 2. The number of imidazole rings is 1. The fourth-order valence-electron chi connectivity index (χ4n) is 3.19. The summed E-state index contributed by atoms with van der Waals surface area (Å²) < 4.78 is 2.04. The lowest BCUT2D eigenvalue weighted by Crippen LogP contribution is -2.35. The van der Waals surface area contributed by atoms with Crippen molar-refractivity contribution in [1.82, 2.24) is 15.0 Å². The number of hydrazine groups is 1. The second-order valence-corrected chi connectivity index (χ2v) is 5.24. The van der Waals surface area contributed by atoms with E-state index in [1.54, 1.807) is 0 Å². The van der Waals surface area contributed by atoms with E-state index in [0.717, 1.165) is 12.2 Å². The van der Waals surface area contributed by atoms with Crippen LogP contribution in [-0.4, -0.2) is 9.55 Å². The Morgan fingerprint density at radius 2 is 2.26 bits per heavy atom. The van der Waals surface area contributed by atoms with Crippen molar-refractivity contribution in [3.8, 4) is 0 Å². The molecule has 0 spiro atoms. The average molecular weight is 256 g/mol. The molecule has 1 aliphatic rings. The minimum atomic E-state index is 0.0708. The fourth-order valence-corrected chi connectivity index (χ4v) is 3.19. The fraction of sp³-hybridized carbons (Fsp3) is 0.400. The third-order valence-corrected chi connectivity index (χ3v) is 4.13. The lowest BCUT2D eigenvalue weighted by molar-refractivity contribution is 0.386. The molecule has 2 atom stereocenters. The SMILES string of the molecule is Cn1ccnc1C(NN)C1CCCc2ccccc21. The van der Waals surface area contributed by atoms with E-state index in [-0.39, 0.29) is 6.04 Å². The first kappa shape index (κ1) is 12.4. The van der Waals surface area contributed by atoms with Crippen molar-refractivity contribution in [3.05, 3.63) is 53.6 Å². The van der Waals surface area contributed by atoms with Crippen molar-refractivity contribution < 1.29 is 0 Å². The van der Waals surface area contributed by atoms with Gasteiger partial charge in [-0.05, 0) is 30.4 Å². The number of nitrogens with one attached hydrogen (secondary N) is 1. The molecule has 2 unspecified atom stereocenters. The molecule has 1 aromatic carbocycles. The maximum atomic E-state index is 5.82. The van der Waals surface area contributed by atoms with E-state index in [9.17, 15) is 0 Å². The molecule has 0 fully saturated rings. The Kier molecular flexibility index (Phi) is 3.36. The zero-order chi connectivity index (χ0) is 13.2. The molecule has 0 saturated heterocycles. The molecule has 1 aliphatic carbocycles. The number of aryl methyl sites for hydroxylation is 2. The topological polar surface area (TPSA) is 55.9 Å². The van der Waals surface area contributed by atoms with Gasteiger partial charge in [0, 0.05) is 25.4 Å². The summed E-state index contributed by atoms with van der Waals surface area (Å²) in [7, 11) is 2.02. The van der Waals surface area contributed by atoms with Crippen molar-refractivity contribution in [3.63, 3.8) is 0 Å². The predicted molar refractivity (Wildman–Crippen MR) is 75.4 cm³/mol. The standard InChI is InChI=1S/C15H20N4/c1-19-10-9-17-15(19)14(18-16)13-8-4-6-11-5-2-3-7-12(11)13/h2-3,5,7,9-10,13-14,18H,4,6,8,16H2,1H3. The number of fused-ring (bicyclic) bond motifs is 1. The molecule has 19 heavy (non-hydrogen) atoms. The van der Waals surface area contributed by atoms with Gasteiger partial charge in [-0.1, -0.05) is 24.3 Å². The predicted octanol–water partition coefficient (Wildman–Crippen LogP) is 2.04. The molecule has 4 nitrogen and oxygen atoms in total. The molecule has 1 heterocycles. The number of nitrogens with two attached hydrogens (primary N) is 1. The van der Waals surface area contributed by atoms with E-state index in [0.29, 0.717) is 5.92 Å². The van der Waals surface area contributed by atoms with Gasteiger partial charge in [-0.2, -0.15) is 0 Å². The molecular formula is C15H20N4. The smallest absolute Gasteiger partial charge is 0.127 e. The Labute approximate surface area is 113 Å². The zero-order valence-corrected chi connectivity index (χ0v) is 11.2. The van der Waals surface area contributed by atoms with Crippen LogP contribution in [-0.2, 0) is 13.5 Å². The summed E-state index contributed by atoms with van der Waals surface area (Å²) >= 11 is 0. The van der Waals surface area contributed by atoms with E-state index in [1.807, 2.05) is 24.0 Å². The second-order valence-electron chi connectivity index (χ2n) is 5.24. The summed E-state index contributed by atoms with van der Waals surface area (Å²) in [5.41, 5.74) is 5.84. The highest BCUT2D eigenvalue weighted by atomic mass is 15.3. The largest absolute Gasteiger partial charge is 0.337 e. The molecule has 0 aliphatic heterocycles. The van der Waals surface area contributed by atoms with Crippen LogP contribution in [0.3, 0.4) is 0 Å². The van der Waals surface area contributed by atoms with Crippen molar-refractivity contribution in [1.29, 1.82) is 0 Å². The highest BCUT2D eigenvalue weighted by Gasteiger charge is 2.30. The van der Waals surface area contributed by atoms with Crippen LogP contribution in [0.15, 0.2) is 36.7 Å². The molecule has 2 aromatic rings. The Hall–Kier alpha value is -1.65. The van der Waals surface area contributed by atoms with Crippen LogP contribution in [0.5, 0.6) is 0 Å². The number of benzene rings is 1. The highest BCUT2D eigenvalue weighted by molar-refractivity contribution is 5.34. The van der Waals surface area contributed by atoms with Gasteiger partial charge in [0.1, 0.15) is 5.82 Å². The second kappa shape index (κ2) is 5.15. The van der Waals surface area contributed by atoms with Crippen molar-refractivity contribution in [2.75, 3.05) is 0 Å². The Morgan fingerprint density at radius 1 is 1.42 bits per heavy atom. The zero-order valence-electron chi connectivity index (χ0n) is 11.2. The molecule has 3 rings (SSSR count). The first-order chi connectivity index (χ1) is 9.31. The Bertz CT molecular complexity index is 561. The minimum Gasteiger partial charge on any atom is -0.337 e. The van der Waals surface area contributed by atoms with Gasteiger partial charge in [0.05, 0.1) is 6.04 Å². The van der Waals surface area contributed by atoms with Crippen molar-refractivity contribution in [2.24, 2.45) is 12.9 Å². The lowest BCUT2D eigenvalue weighted by atomic mass is 9.78. The summed E-state index contributed by atoms with van der Waals surface area (Å²) in [5.74, 6) is 7.22. The number of nitrogens with zero attached hydrogens (tertiary/aromatic N) is 2. The monoisotopic (exact) mass is 256 g/mol. The van der Waals surface area contributed by atoms with Crippen LogP contribution >= 0.6 is 0 Å². The number of hydrogen-bond acceptors (Lipinski definition) is 3. The van der Waals surface area contributed by atoms with Crippen LogP contribution in [0.25, 0.3) is 0 Å². The van der Waals surface area contributed by atoms with Gasteiger partial charge in [-0.25, -0.2) is 10.4 Å². The normalized spacial score (nSPS) is 20.0. The van der Waals surface area contributed by atoms with Crippen molar-refractivity contribution in [2.45, 2.75) is 31.2 Å². The van der Waals surface area contributed by atoms with Gasteiger partial charge in [0.2, 0.25) is 0 Å². The highest BCUT2D eigenvalue weighted by Crippen LogP contribution is 2.39. The summed E-state index contributed by atoms with van der Waals surface area (Å²) in [6.45, 7) is 0. The maximum Gasteiger partial charge on any atom is 0.127 e. The molecule has 4 heteroatoms. The molecule has 0 radical (unpaired) electrons. The number of rotatable bonds is 3. The molecular weight excluding hydrogens is 236 g/mol. The average Bonchev–Trinajstić information content (AvgIpc) is 2.86. The van der Waals surface area contributed by atoms with Crippen LogP contribution < -0.4 is 11.3 Å². The van der Waals surface area contributed by atoms with Gasteiger partial charge in [-0.3, -0.25) is 5.84 Å². The quantitative estimate of drug-likeness (QED) is 0.652. The van der Waals surface area contributed by atoms with E-state index >= 15 is 0 Å². The summed E-state index contributed by atoms with van der Waals surface area (Å²) in [4.78, 5) is 4.46. The van der Waals surface area contributed by atoms with Gasteiger partial charge in [-0.15, -0.1) is 0 Å². The summed E-state index contributed by atoms with van der Waals surface area (Å²) in [6, 6.07) is 8.76. The van der Waals surface area contributed by atoms with Crippen molar-refractivity contribution >= 4 is 0 Å². The van der Waals surface area contributed by atoms with Gasteiger partial charge < -0.3 is 4.57 Å². The Morgan fingerprint density at radius 3 is 3.00 bits per heavy atom. The van der Waals surface area contributed by atoms with Gasteiger partial charge in [0.25, 0.3) is 0 Å². The summed E-state index contributed by atoms with van der Waals surface area (Å²) in [5, 5.41) is 0. The molecule has 0 bridgehead atoms. The maximum absolute atomic E-state index is 5.82. The molecule has 0 amide bonds. The first-order valence-electron chi connectivity index (χ1n) is 6.82. The van der Waals surface area contributed by atoms with E-state index in [1.165, 1.54) is 24.0 Å². The van der Waals surface area contributed by atoms with Gasteiger partial charge in [0.15, 0.2) is 0 Å². The minimum absolute atomic E-state index is 0.0708. The molecule has 1 aromatic heterocycles. The first-order valence-corrected chi connectivity index (χ1v) is 6.82.